The first-order valence-corrected chi connectivity index (χ1v) is 3.31. The van der Waals surface area contributed by atoms with Crippen LogP contribution in [0, 0.1) is 0 Å². The molecule has 4 heteroatoms. The number of hydrogen-bond donors (Lipinski definition) is 3. The normalized spacial score (nSPS) is 37.2. The van der Waals surface area contributed by atoms with E-state index in [0.29, 0.717) is 6.42 Å². The second-order valence-corrected chi connectivity index (χ2v) is 2.61. The Labute approximate surface area is 59.1 Å². The van der Waals surface area contributed by atoms with Gasteiger partial charge in [0, 0.05) is 6.42 Å². The summed E-state index contributed by atoms with van der Waals surface area (Å²) in [5, 5.41) is 26.5. The molecule has 0 aliphatic carbocycles. The maximum absolute atomic E-state index is 9.01. The highest BCUT2D eigenvalue weighted by molar-refractivity contribution is 4.79. The Morgan fingerprint density at radius 3 is 2.30 bits per heavy atom. The largest absolute Gasteiger partial charge is 0.391 e. The fraction of sp³-hybridized carbons (Fsp3) is 1.00. The third-order valence-corrected chi connectivity index (χ3v) is 1.59. The highest BCUT2D eigenvalue weighted by atomic mass is 16.7. The number of aliphatic hydroxyl groups excluding tert-OH is 3. The SMILES string of the molecule is CC(O)C(O)CC1OC1O. The Hall–Kier alpha value is -0.160. The minimum absolute atomic E-state index is 0.274. The summed E-state index contributed by atoms with van der Waals surface area (Å²) in [6, 6.07) is 0. The van der Waals surface area contributed by atoms with Crippen LogP contribution >= 0.6 is 0 Å². The predicted octanol–water partition coefficient (Wildman–Crippen LogP) is -1.16. The maximum atomic E-state index is 9.01. The molecule has 4 atom stereocenters. The quantitative estimate of drug-likeness (QED) is 0.441. The van der Waals surface area contributed by atoms with E-state index in [1.54, 1.807) is 0 Å². The molecule has 10 heavy (non-hydrogen) atoms. The fourth-order valence-corrected chi connectivity index (χ4v) is 0.741. The van der Waals surface area contributed by atoms with Gasteiger partial charge in [-0.15, -0.1) is 0 Å². The number of hydrogen-bond acceptors (Lipinski definition) is 4. The van der Waals surface area contributed by atoms with Crippen molar-refractivity contribution in [3.63, 3.8) is 0 Å². The summed E-state index contributed by atoms with van der Waals surface area (Å²) in [5.41, 5.74) is 0. The molecule has 1 aliphatic heterocycles. The van der Waals surface area contributed by atoms with Gasteiger partial charge in [0.2, 0.25) is 0 Å². The van der Waals surface area contributed by atoms with Crippen LogP contribution in [-0.4, -0.2) is 39.9 Å². The van der Waals surface area contributed by atoms with Gasteiger partial charge in [-0.2, -0.15) is 0 Å². The Balaban J connectivity index is 2.13. The van der Waals surface area contributed by atoms with Gasteiger partial charge in [-0.1, -0.05) is 0 Å². The average molecular weight is 148 g/mol. The molecule has 4 unspecified atom stereocenters. The van der Waals surface area contributed by atoms with Gasteiger partial charge in [0.25, 0.3) is 0 Å². The zero-order valence-electron chi connectivity index (χ0n) is 5.77. The van der Waals surface area contributed by atoms with Gasteiger partial charge in [-0.3, -0.25) is 0 Å². The molecular formula is C6H12O4. The van der Waals surface area contributed by atoms with Gasteiger partial charge in [0.15, 0.2) is 6.29 Å². The molecule has 3 N–H and O–H groups in total. The number of aliphatic hydroxyl groups is 3. The molecule has 0 saturated carbocycles. The van der Waals surface area contributed by atoms with E-state index in [2.05, 4.69) is 4.74 Å². The van der Waals surface area contributed by atoms with Crippen molar-refractivity contribution < 1.29 is 20.1 Å². The number of epoxide rings is 1. The van der Waals surface area contributed by atoms with Crippen LogP contribution in [0.25, 0.3) is 0 Å². The molecule has 1 rings (SSSR count). The van der Waals surface area contributed by atoms with Crippen LogP contribution in [0.3, 0.4) is 0 Å². The number of ether oxygens (including phenoxy) is 1. The topological polar surface area (TPSA) is 73.2 Å². The molecule has 60 valence electrons. The lowest BCUT2D eigenvalue weighted by atomic mass is 10.1. The van der Waals surface area contributed by atoms with Crippen LogP contribution in [0.1, 0.15) is 13.3 Å². The smallest absolute Gasteiger partial charge is 0.181 e. The first-order valence-electron chi connectivity index (χ1n) is 3.31. The Kier molecular flexibility index (Phi) is 2.25. The lowest BCUT2D eigenvalue weighted by molar-refractivity contribution is 0.0216. The van der Waals surface area contributed by atoms with Crippen molar-refractivity contribution in [1.29, 1.82) is 0 Å². The summed E-state index contributed by atoms with van der Waals surface area (Å²) < 4.78 is 4.62. The van der Waals surface area contributed by atoms with Crippen molar-refractivity contribution in [3.8, 4) is 0 Å². The molecule has 0 aromatic heterocycles. The third-order valence-electron chi connectivity index (χ3n) is 1.59. The molecule has 0 radical (unpaired) electrons. The molecule has 1 heterocycles. The fourth-order valence-electron chi connectivity index (χ4n) is 0.741. The van der Waals surface area contributed by atoms with E-state index in [1.165, 1.54) is 6.92 Å². The van der Waals surface area contributed by atoms with Crippen molar-refractivity contribution in [2.24, 2.45) is 0 Å². The van der Waals surface area contributed by atoms with Crippen molar-refractivity contribution in [1.82, 2.24) is 0 Å². The van der Waals surface area contributed by atoms with Crippen LogP contribution in [0.5, 0.6) is 0 Å². The maximum Gasteiger partial charge on any atom is 0.181 e. The first-order chi connectivity index (χ1) is 4.61. The summed E-state index contributed by atoms with van der Waals surface area (Å²) in [6.45, 7) is 1.50. The van der Waals surface area contributed by atoms with E-state index in [4.69, 9.17) is 15.3 Å². The van der Waals surface area contributed by atoms with E-state index >= 15 is 0 Å². The van der Waals surface area contributed by atoms with Crippen molar-refractivity contribution in [2.45, 2.75) is 37.9 Å². The Morgan fingerprint density at radius 1 is 1.50 bits per heavy atom. The Morgan fingerprint density at radius 2 is 2.00 bits per heavy atom. The second-order valence-electron chi connectivity index (χ2n) is 2.61. The predicted molar refractivity (Wildman–Crippen MR) is 33.2 cm³/mol. The summed E-state index contributed by atoms with van der Waals surface area (Å²) in [4.78, 5) is 0. The zero-order valence-corrected chi connectivity index (χ0v) is 5.77. The molecule has 4 nitrogen and oxygen atoms in total. The van der Waals surface area contributed by atoms with Gasteiger partial charge in [-0.05, 0) is 6.92 Å². The molecule has 0 aromatic carbocycles. The Bertz CT molecular complexity index is 114. The van der Waals surface area contributed by atoms with Gasteiger partial charge >= 0.3 is 0 Å². The molecule has 0 amide bonds. The van der Waals surface area contributed by atoms with Crippen LogP contribution in [0.4, 0.5) is 0 Å². The summed E-state index contributed by atoms with van der Waals surface area (Å²) in [6.07, 6.45) is -2.24. The lowest BCUT2D eigenvalue weighted by Crippen LogP contribution is -2.24. The van der Waals surface area contributed by atoms with E-state index in [1.807, 2.05) is 0 Å². The highest BCUT2D eigenvalue weighted by Gasteiger charge is 2.38. The summed E-state index contributed by atoms with van der Waals surface area (Å²) in [7, 11) is 0. The van der Waals surface area contributed by atoms with Crippen LogP contribution in [0.15, 0.2) is 0 Å². The van der Waals surface area contributed by atoms with Crippen LogP contribution in [0.2, 0.25) is 0 Å². The minimum Gasteiger partial charge on any atom is -0.391 e. The summed E-state index contributed by atoms with van der Waals surface area (Å²) in [5.74, 6) is 0. The second kappa shape index (κ2) is 2.84. The van der Waals surface area contributed by atoms with E-state index in [0.717, 1.165) is 0 Å². The minimum atomic E-state index is -0.790. The van der Waals surface area contributed by atoms with Crippen molar-refractivity contribution in [3.05, 3.63) is 0 Å². The van der Waals surface area contributed by atoms with E-state index in [9.17, 15) is 0 Å². The molecule has 1 fully saturated rings. The van der Waals surface area contributed by atoms with Gasteiger partial charge in [0.1, 0.15) is 6.10 Å². The number of rotatable bonds is 3. The average Bonchev–Trinajstić information content (AvgIpc) is 2.46. The molecule has 0 aromatic rings. The van der Waals surface area contributed by atoms with Gasteiger partial charge < -0.3 is 20.1 Å². The molecule has 0 spiro atoms. The van der Waals surface area contributed by atoms with E-state index in [-0.39, 0.29) is 6.10 Å². The highest BCUT2D eigenvalue weighted by Crippen LogP contribution is 2.24. The molecule has 1 aliphatic rings. The monoisotopic (exact) mass is 148 g/mol. The standard InChI is InChI=1S/C6H12O4/c1-3(7)4(8)2-5-6(9)10-5/h3-9H,2H2,1H3. The summed E-state index contributed by atoms with van der Waals surface area (Å²) >= 11 is 0. The van der Waals surface area contributed by atoms with Crippen molar-refractivity contribution >= 4 is 0 Å². The van der Waals surface area contributed by atoms with Crippen molar-refractivity contribution in [2.75, 3.05) is 0 Å². The van der Waals surface area contributed by atoms with Crippen LogP contribution in [-0.2, 0) is 4.74 Å². The van der Waals surface area contributed by atoms with Crippen LogP contribution < -0.4 is 0 Å². The zero-order chi connectivity index (χ0) is 7.72. The van der Waals surface area contributed by atoms with Gasteiger partial charge in [-0.25, -0.2) is 0 Å². The first kappa shape index (κ1) is 7.94. The molecule has 1 saturated heterocycles. The van der Waals surface area contributed by atoms with Gasteiger partial charge in [0.05, 0.1) is 12.2 Å². The lowest BCUT2D eigenvalue weighted by Gasteiger charge is -2.10. The van der Waals surface area contributed by atoms with E-state index < -0.39 is 18.5 Å². The molecular weight excluding hydrogens is 136 g/mol. The third kappa shape index (κ3) is 1.91. The molecule has 0 bridgehead atoms.